The number of hydrogen-bond donors (Lipinski definition) is 1. The van der Waals surface area contributed by atoms with Gasteiger partial charge in [0.05, 0.1) is 34.4 Å². The molecule has 7 nitrogen and oxygen atoms in total. The van der Waals surface area contributed by atoms with Gasteiger partial charge in [0, 0.05) is 13.7 Å². The van der Waals surface area contributed by atoms with E-state index in [1.807, 2.05) is 21.1 Å². The number of phosphoric ester groups is 1. The Labute approximate surface area is 247 Å². The number of nitrogens with zero attached hydrogens (tertiary/aromatic N) is 1. The number of quaternary nitrogens is 1. The number of ether oxygens (including phenoxy) is 2. The number of hydrogen-bond acceptors (Lipinski definition) is 5. The molecule has 0 aliphatic rings. The van der Waals surface area contributed by atoms with E-state index in [-0.39, 0.29) is 19.8 Å². The standard InChI is InChI=1S/C32H64NO6P/c1-6-7-8-9-10-11-12-13-14-15-16-17-18-19-20-21-22-23-24-25-26-28-37-31-32(30-36-5)39-40(34,35)38-29-27-33(2,3)4/h9-10,21-22,32H,6-8,11-20,23-31H2,1-5H3/p+1/b10-9-,22-21-/t32-/m0/s1. The number of likely N-dealkylation sites (N-methyl/N-ethyl adjacent to an activating group) is 1. The molecule has 0 aromatic rings. The highest BCUT2D eigenvalue weighted by molar-refractivity contribution is 7.47. The fourth-order valence-corrected chi connectivity index (χ4v) is 5.05. The second-order valence-electron chi connectivity index (χ2n) is 11.9. The van der Waals surface area contributed by atoms with E-state index >= 15 is 0 Å². The number of rotatable bonds is 30. The van der Waals surface area contributed by atoms with Crippen molar-refractivity contribution >= 4 is 7.82 Å². The molecular weight excluding hydrogens is 525 g/mol. The summed E-state index contributed by atoms with van der Waals surface area (Å²) in [7, 11) is 3.36. The molecule has 1 N–H and O–H groups in total. The number of allylic oxidation sites excluding steroid dienone is 4. The largest absolute Gasteiger partial charge is 0.472 e. The monoisotopic (exact) mass is 590 g/mol. The number of unbranched alkanes of at least 4 members (excludes halogenated alkanes) is 14. The van der Waals surface area contributed by atoms with Crippen molar-refractivity contribution in [3.05, 3.63) is 24.3 Å². The summed E-state index contributed by atoms with van der Waals surface area (Å²) in [6.07, 6.45) is 30.4. The highest BCUT2D eigenvalue weighted by Gasteiger charge is 2.27. The molecule has 1 unspecified atom stereocenters. The third kappa shape index (κ3) is 30.4. The van der Waals surface area contributed by atoms with E-state index < -0.39 is 13.9 Å². The van der Waals surface area contributed by atoms with Crippen LogP contribution in [0, 0.1) is 0 Å². The Bertz CT molecular complexity index is 650. The zero-order chi connectivity index (χ0) is 29.8. The van der Waals surface area contributed by atoms with Crippen molar-refractivity contribution in [3.8, 4) is 0 Å². The summed E-state index contributed by atoms with van der Waals surface area (Å²) < 4.78 is 34.0. The second kappa shape index (κ2) is 27.3. The Morgan fingerprint density at radius 3 is 1.65 bits per heavy atom. The molecule has 0 aromatic heterocycles. The Morgan fingerprint density at radius 1 is 0.700 bits per heavy atom. The van der Waals surface area contributed by atoms with Crippen LogP contribution < -0.4 is 0 Å². The Kier molecular flexibility index (Phi) is 27.0. The van der Waals surface area contributed by atoms with Crippen molar-refractivity contribution in [2.24, 2.45) is 0 Å². The van der Waals surface area contributed by atoms with Crippen molar-refractivity contribution in [2.75, 3.05) is 61.2 Å². The van der Waals surface area contributed by atoms with E-state index in [9.17, 15) is 9.46 Å². The molecule has 0 aromatic carbocycles. The van der Waals surface area contributed by atoms with Gasteiger partial charge in [-0.25, -0.2) is 4.57 Å². The molecule has 2 atom stereocenters. The van der Waals surface area contributed by atoms with Crippen LogP contribution in [0.5, 0.6) is 0 Å². The minimum atomic E-state index is -4.14. The highest BCUT2D eigenvalue weighted by atomic mass is 31.2. The van der Waals surface area contributed by atoms with Crippen molar-refractivity contribution in [1.29, 1.82) is 0 Å². The Balaban J connectivity index is 3.59. The van der Waals surface area contributed by atoms with Crippen LogP contribution in [0.3, 0.4) is 0 Å². The van der Waals surface area contributed by atoms with Crippen LogP contribution in [0.4, 0.5) is 0 Å². The SMILES string of the molecule is CCCC/C=C\CCCCCCCCCC/C=C\CCCCCOC[C@H](COC)OP(=O)(O)OCC[N+](C)(C)C. The summed E-state index contributed by atoms with van der Waals surface area (Å²) >= 11 is 0. The molecule has 0 bridgehead atoms. The predicted molar refractivity (Wildman–Crippen MR) is 169 cm³/mol. The predicted octanol–water partition coefficient (Wildman–Crippen LogP) is 8.62. The molecule has 238 valence electrons. The van der Waals surface area contributed by atoms with E-state index in [0.717, 1.165) is 25.7 Å². The lowest BCUT2D eigenvalue weighted by atomic mass is 10.1. The zero-order valence-corrected chi connectivity index (χ0v) is 27.7. The van der Waals surface area contributed by atoms with Crippen LogP contribution in [0.2, 0.25) is 0 Å². The van der Waals surface area contributed by atoms with Gasteiger partial charge in [0.2, 0.25) is 0 Å². The Morgan fingerprint density at radius 2 is 1.18 bits per heavy atom. The van der Waals surface area contributed by atoms with Crippen molar-refractivity contribution < 1.29 is 32.5 Å². The van der Waals surface area contributed by atoms with Crippen molar-refractivity contribution in [1.82, 2.24) is 0 Å². The first kappa shape index (κ1) is 39.5. The highest BCUT2D eigenvalue weighted by Crippen LogP contribution is 2.44. The van der Waals surface area contributed by atoms with Gasteiger partial charge in [-0.15, -0.1) is 0 Å². The molecule has 0 saturated heterocycles. The normalized spacial score (nSPS) is 14.8. The van der Waals surface area contributed by atoms with Crippen LogP contribution in [0.1, 0.15) is 116 Å². The molecule has 40 heavy (non-hydrogen) atoms. The quantitative estimate of drug-likeness (QED) is 0.0391. The topological polar surface area (TPSA) is 74.2 Å². The maximum Gasteiger partial charge on any atom is 0.472 e. The van der Waals surface area contributed by atoms with Crippen LogP contribution in [0.25, 0.3) is 0 Å². The van der Waals surface area contributed by atoms with Gasteiger partial charge in [0.25, 0.3) is 0 Å². The van der Waals surface area contributed by atoms with Gasteiger partial charge in [-0.2, -0.15) is 0 Å². The minimum absolute atomic E-state index is 0.143. The second-order valence-corrected chi connectivity index (χ2v) is 13.3. The maximum absolute atomic E-state index is 12.2. The molecule has 0 rings (SSSR count). The van der Waals surface area contributed by atoms with Gasteiger partial charge >= 0.3 is 7.82 Å². The van der Waals surface area contributed by atoms with Gasteiger partial charge in [-0.1, -0.05) is 89.0 Å². The van der Waals surface area contributed by atoms with Crippen molar-refractivity contribution in [3.63, 3.8) is 0 Å². The molecular formula is C32H65NO6P+. The van der Waals surface area contributed by atoms with Crippen LogP contribution in [0.15, 0.2) is 24.3 Å². The smallest absolute Gasteiger partial charge is 0.382 e. The summed E-state index contributed by atoms with van der Waals surface area (Å²) in [5.74, 6) is 0. The van der Waals surface area contributed by atoms with E-state index in [1.54, 1.807) is 0 Å². The molecule has 0 spiro atoms. The molecule has 0 radical (unpaired) electrons. The van der Waals surface area contributed by atoms with E-state index in [4.69, 9.17) is 18.5 Å². The summed E-state index contributed by atoms with van der Waals surface area (Å²) in [6, 6.07) is 0. The van der Waals surface area contributed by atoms with E-state index in [2.05, 4.69) is 31.2 Å². The van der Waals surface area contributed by atoms with Crippen molar-refractivity contribution in [2.45, 2.75) is 122 Å². The fraction of sp³-hybridized carbons (Fsp3) is 0.875. The summed E-state index contributed by atoms with van der Waals surface area (Å²) in [6.45, 7) is 3.97. The molecule has 0 saturated carbocycles. The summed E-state index contributed by atoms with van der Waals surface area (Å²) in [5.41, 5.74) is 0. The van der Waals surface area contributed by atoms with Gasteiger partial charge in [0.1, 0.15) is 19.3 Å². The van der Waals surface area contributed by atoms with Gasteiger partial charge in [-0.3, -0.25) is 9.05 Å². The first-order valence-electron chi connectivity index (χ1n) is 16.0. The van der Waals surface area contributed by atoms with E-state index in [1.165, 1.54) is 90.6 Å². The first-order valence-corrected chi connectivity index (χ1v) is 17.5. The molecule has 0 aliphatic carbocycles. The molecule has 0 amide bonds. The fourth-order valence-electron chi connectivity index (χ4n) is 4.18. The molecule has 0 heterocycles. The zero-order valence-electron chi connectivity index (χ0n) is 26.8. The third-order valence-electron chi connectivity index (χ3n) is 6.66. The minimum Gasteiger partial charge on any atom is -0.382 e. The molecule has 0 fully saturated rings. The van der Waals surface area contributed by atoms with Crippen LogP contribution in [-0.4, -0.2) is 76.7 Å². The lowest BCUT2D eigenvalue weighted by molar-refractivity contribution is -0.870. The average Bonchev–Trinajstić information content (AvgIpc) is 2.88. The van der Waals surface area contributed by atoms with Gasteiger partial charge in [0.15, 0.2) is 0 Å². The lowest BCUT2D eigenvalue weighted by Crippen LogP contribution is -2.37. The summed E-state index contributed by atoms with van der Waals surface area (Å²) in [5, 5.41) is 0. The number of phosphoric acid groups is 1. The summed E-state index contributed by atoms with van der Waals surface area (Å²) in [4.78, 5) is 9.98. The Hall–Kier alpha value is -0.530. The molecule has 0 aliphatic heterocycles. The third-order valence-corrected chi connectivity index (χ3v) is 7.74. The van der Waals surface area contributed by atoms with Crippen LogP contribution >= 0.6 is 7.82 Å². The van der Waals surface area contributed by atoms with Crippen LogP contribution in [-0.2, 0) is 23.1 Å². The van der Waals surface area contributed by atoms with E-state index in [0.29, 0.717) is 17.6 Å². The first-order chi connectivity index (χ1) is 19.2. The number of methoxy groups -OCH3 is 1. The van der Waals surface area contributed by atoms with Gasteiger partial charge in [-0.05, 0) is 51.4 Å². The molecule has 8 heteroatoms. The average molecular weight is 591 g/mol. The van der Waals surface area contributed by atoms with Gasteiger partial charge < -0.3 is 18.9 Å². The lowest BCUT2D eigenvalue weighted by Gasteiger charge is -2.25. The maximum atomic E-state index is 12.2.